The van der Waals surface area contributed by atoms with Gasteiger partial charge in [-0.1, -0.05) is 36.9 Å². The summed E-state index contributed by atoms with van der Waals surface area (Å²) in [7, 11) is 0. The van der Waals surface area contributed by atoms with Gasteiger partial charge in [0.1, 0.15) is 6.61 Å². The molecule has 0 aliphatic rings. The zero-order valence-electron chi connectivity index (χ0n) is 9.18. The van der Waals surface area contributed by atoms with Crippen molar-refractivity contribution in [3.63, 3.8) is 0 Å². The first-order valence-electron chi connectivity index (χ1n) is 4.95. The SMILES string of the molecule is C=C(CNC(=O)OCc1ccccc1)C(=O)O. The second-order valence-corrected chi connectivity index (χ2v) is 3.32. The van der Waals surface area contributed by atoms with Gasteiger partial charge in [0.15, 0.2) is 0 Å². The molecule has 1 aromatic rings. The summed E-state index contributed by atoms with van der Waals surface area (Å²) in [6.07, 6.45) is -0.670. The Morgan fingerprint density at radius 1 is 1.29 bits per heavy atom. The summed E-state index contributed by atoms with van der Waals surface area (Å²) in [6, 6.07) is 9.18. The van der Waals surface area contributed by atoms with Crippen LogP contribution in [0.2, 0.25) is 0 Å². The van der Waals surface area contributed by atoms with Gasteiger partial charge in [0.05, 0.1) is 6.54 Å². The predicted molar refractivity (Wildman–Crippen MR) is 61.4 cm³/mol. The van der Waals surface area contributed by atoms with Crippen LogP contribution in [0.15, 0.2) is 42.5 Å². The number of hydrogen-bond donors (Lipinski definition) is 2. The zero-order chi connectivity index (χ0) is 12.7. The number of carbonyl (C=O) groups is 2. The Morgan fingerprint density at radius 2 is 1.94 bits per heavy atom. The Labute approximate surface area is 98.7 Å². The first-order chi connectivity index (χ1) is 8.09. The average molecular weight is 235 g/mol. The molecule has 0 saturated heterocycles. The van der Waals surface area contributed by atoms with Crippen LogP contribution in [-0.2, 0) is 16.1 Å². The normalized spacial score (nSPS) is 9.41. The minimum absolute atomic E-state index is 0.0957. The number of alkyl carbamates (subject to hydrolysis) is 1. The highest BCUT2D eigenvalue weighted by molar-refractivity contribution is 5.87. The zero-order valence-corrected chi connectivity index (χ0v) is 9.18. The number of carboxylic acid groups (broad SMARTS) is 1. The van der Waals surface area contributed by atoms with E-state index in [2.05, 4.69) is 11.9 Å². The van der Waals surface area contributed by atoms with Gasteiger partial charge in [0.25, 0.3) is 0 Å². The highest BCUT2D eigenvalue weighted by Crippen LogP contribution is 2.00. The maximum Gasteiger partial charge on any atom is 0.407 e. The van der Waals surface area contributed by atoms with Crippen molar-refractivity contribution in [1.29, 1.82) is 0 Å². The molecule has 1 rings (SSSR count). The summed E-state index contributed by atoms with van der Waals surface area (Å²) in [6.45, 7) is 3.28. The van der Waals surface area contributed by atoms with Crippen molar-refractivity contribution in [2.24, 2.45) is 0 Å². The summed E-state index contributed by atoms with van der Waals surface area (Å²) in [5.41, 5.74) is 0.765. The van der Waals surface area contributed by atoms with Crippen LogP contribution in [-0.4, -0.2) is 23.7 Å². The Balaban J connectivity index is 2.27. The van der Waals surface area contributed by atoms with Gasteiger partial charge < -0.3 is 15.2 Å². The lowest BCUT2D eigenvalue weighted by atomic mass is 10.2. The van der Waals surface area contributed by atoms with E-state index in [0.29, 0.717) is 0 Å². The molecule has 0 heterocycles. The van der Waals surface area contributed by atoms with Crippen LogP contribution >= 0.6 is 0 Å². The minimum Gasteiger partial charge on any atom is -0.478 e. The highest BCUT2D eigenvalue weighted by Gasteiger charge is 2.07. The van der Waals surface area contributed by atoms with Crippen molar-refractivity contribution in [3.8, 4) is 0 Å². The van der Waals surface area contributed by atoms with Crippen molar-refractivity contribution in [1.82, 2.24) is 5.32 Å². The molecule has 1 aromatic carbocycles. The number of amides is 1. The van der Waals surface area contributed by atoms with Crippen molar-refractivity contribution in [2.45, 2.75) is 6.61 Å². The van der Waals surface area contributed by atoms with E-state index in [1.165, 1.54) is 0 Å². The maximum atomic E-state index is 11.2. The molecular formula is C12H13NO4. The van der Waals surface area contributed by atoms with Gasteiger partial charge >= 0.3 is 12.1 Å². The lowest BCUT2D eigenvalue weighted by Crippen LogP contribution is -2.27. The van der Waals surface area contributed by atoms with Gasteiger partial charge in [-0.3, -0.25) is 0 Å². The summed E-state index contributed by atoms with van der Waals surface area (Å²) < 4.78 is 4.87. The molecule has 17 heavy (non-hydrogen) atoms. The molecule has 0 atom stereocenters. The van der Waals surface area contributed by atoms with E-state index in [-0.39, 0.29) is 18.7 Å². The molecule has 90 valence electrons. The largest absolute Gasteiger partial charge is 0.478 e. The Morgan fingerprint density at radius 3 is 2.53 bits per heavy atom. The smallest absolute Gasteiger partial charge is 0.407 e. The summed E-state index contributed by atoms with van der Waals surface area (Å²) in [4.78, 5) is 21.6. The average Bonchev–Trinajstić information content (AvgIpc) is 2.34. The number of carboxylic acids is 1. The summed E-state index contributed by atoms with van der Waals surface area (Å²) in [5.74, 6) is -1.15. The molecule has 0 spiro atoms. The van der Waals surface area contributed by atoms with Crippen molar-refractivity contribution in [3.05, 3.63) is 48.0 Å². The van der Waals surface area contributed by atoms with E-state index in [1.54, 1.807) is 0 Å². The van der Waals surface area contributed by atoms with Crippen LogP contribution in [0, 0.1) is 0 Å². The summed E-state index contributed by atoms with van der Waals surface area (Å²) >= 11 is 0. The highest BCUT2D eigenvalue weighted by atomic mass is 16.5. The topological polar surface area (TPSA) is 75.6 Å². The number of aliphatic carboxylic acids is 1. The molecule has 0 aliphatic heterocycles. The van der Waals surface area contributed by atoms with E-state index in [9.17, 15) is 9.59 Å². The van der Waals surface area contributed by atoms with Gasteiger partial charge in [-0.2, -0.15) is 0 Å². The third-order valence-corrected chi connectivity index (χ3v) is 1.96. The van der Waals surface area contributed by atoms with Gasteiger partial charge in [0.2, 0.25) is 0 Å². The van der Waals surface area contributed by atoms with E-state index in [1.807, 2.05) is 30.3 Å². The Kier molecular flexibility index (Phi) is 4.75. The fourth-order valence-electron chi connectivity index (χ4n) is 1.03. The van der Waals surface area contributed by atoms with Gasteiger partial charge in [-0.15, -0.1) is 0 Å². The van der Waals surface area contributed by atoms with Crippen LogP contribution in [0.3, 0.4) is 0 Å². The van der Waals surface area contributed by atoms with Crippen LogP contribution in [0.25, 0.3) is 0 Å². The van der Waals surface area contributed by atoms with Gasteiger partial charge in [-0.25, -0.2) is 9.59 Å². The fraction of sp³-hybridized carbons (Fsp3) is 0.167. The van der Waals surface area contributed by atoms with E-state index in [4.69, 9.17) is 9.84 Å². The molecule has 0 bridgehead atoms. The number of carbonyl (C=O) groups excluding carboxylic acids is 1. The van der Waals surface area contributed by atoms with Crippen LogP contribution in [0.5, 0.6) is 0 Å². The summed E-state index contributed by atoms with van der Waals surface area (Å²) in [5, 5.41) is 10.8. The first-order valence-corrected chi connectivity index (χ1v) is 4.95. The molecule has 0 unspecified atom stereocenters. The second-order valence-electron chi connectivity index (χ2n) is 3.32. The molecule has 0 aliphatic carbocycles. The number of nitrogens with one attached hydrogen (secondary N) is 1. The van der Waals surface area contributed by atoms with E-state index in [0.717, 1.165) is 5.56 Å². The number of ether oxygens (including phenoxy) is 1. The lowest BCUT2D eigenvalue weighted by Gasteiger charge is -2.06. The molecule has 1 amide bonds. The number of rotatable bonds is 5. The van der Waals surface area contributed by atoms with Crippen molar-refractivity contribution >= 4 is 12.1 Å². The lowest BCUT2D eigenvalue weighted by molar-refractivity contribution is -0.132. The molecule has 5 heteroatoms. The van der Waals surface area contributed by atoms with Gasteiger partial charge in [-0.05, 0) is 5.56 Å². The number of benzene rings is 1. The van der Waals surface area contributed by atoms with Crippen molar-refractivity contribution in [2.75, 3.05) is 6.54 Å². The second kappa shape index (κ2) is 6.32. The quantitative estimate of drug-likeness (QED) is 0.759. The molecule has 5 nitrogen and oxygen atoms in total. The van der Waals surface area contributed by atoms with E-state index < -0.39 is 12.1 Å². The fourth-order valence-corrected chi connectivity index (χ4v) is 1.03. The molecule has 0 radical (unpaired) electrons. The standard InChI is InChI=1S/C12H13NO4/c1-9(11(14)15)7-13-12(16)17-8-10-5-3-2-4-6-10/h2-6H,1,7-8H2,(H,13,16)(H,14,15). The van der Waals surface area contributed by atoms with E-state index >= 15 is 0 Å². The van der Waals surface area contributed by atoms with Crippen LogP contribution in [0.4, 0.5) is 4.79 Å². The monoisotopic (exact) mass is 235 g/mol. The number of hydrogen-bond acceptors (Lipinski definition) is 3. The molecule has 0 saturated carbocycles. The molecule has 0 fully saturated rings. The molecular weight excluding hydrogens is 222 g/mol. The maximum absolute atomic E-state index is 11.2. The van der Waals surface area contributed by atoms with Gasteiger partial charge in [0, 0.05) is 5.57 Å². The third kappa shape index (κ3) is 4.83. The minimum atomic E-state index is -1.15. The predicted octanol–water partition coefficient (Wildman–Crippen LogP) is 1.55. The Bertz CT molecular complexity index is 414. The first kappa shape index (κ1) is 12.8. The van der Waals surface area contributed by atoms with Crippen LogP contribution in [0.1, 0.15) is 5.56 Å². The van der Waals surface area contributed by atoms with Crippen molar-refractivity contribution < 1.29 is 19.4 Å². The molecule has 2 N–H and O–H groups in total. The van der Waals surface area contributed by atoms with Crippen LogP contribution < -0.4 is 5.32 Å². The third-order valence-electron chi connectivity index (χ3n) is 1.96. The molecule has 0 aromatic heterocycles. The Hall–Kier alpha value is -2.30.